The summed E-state index contributed by atoms with van der Waals surface area (Å²) < 4.78 is 10.6. The average molecular weight is 383 g/mol. The number of aromatic nitrogens is 1. The van der Waals surface area contributed by atoms with Gasteiger partial charge in [0.2, 0.25) is 11.8 Å². The van der Waals surface area contributed by atoms with E-state index in [4.69, 9.17) is 9.47 Å². The zero-order chi connectivity index (χ0) is 19.9. The van der Waals surface area contributed by atoms with Crippen LogP contribution in [0.5, 0.6) is 11.5 Å². The van der Waals surface area contributed by atoms with Crippen molar-refractivity contribution in [2.24, 2.45) is 5.92 Å². The lowest BCUT2D eigenvalue weighted by Crippen LogP contribution is -2.33. The molecule has 0 unspecified atom stereocenters. The lowest BCUT2D eigenvalue weighted by Gasteiger charge is -2.17. The lowest BCUT2D eigenvalue weighted by molar-refractivity contribution is -0.129. The van der Waals surface area contributed by atoms with E-state index < -0.39 is 0 Å². The van der Waals surface area contributed by atoms with Gasteiger partial charge in [-0.25, -0.2) is 0 Å². The van der Waals surface area contributed by atoms with Gasteiger partial charge in [0.1, 0.15) is 0 Å². The Morgan fingerprint density at radius 3 is 2.75 bits per heavy atom. The first-order valence-electron chi connectivity index (χ1n) is 9.27. The molecule has 3 rings (SSSR count). The van der Waals surface area contributed by atoms with Crippen LogP contribution in [0.15, 0.2) is 42.6 Å². The summed E-state index contributed by atoms with van der Waals surface area (Å²) in [6.07, 6.45) is 2.63. The molecule has 1 aromatic heterocycles. The van der Waals surface area contributed by atoms with Crippen molar-refractivity contribution < 1.29 is 19.1 Å². The van der Waals surface area contributed by atoms with Crippen LogP contribution in [0.3, 0.4) is 0 Å². The van der Waals surface area contributed by atoms with Crippen LogP contribution < -0.4 is 14.8 Å². The third-order valence-electron chi connectivity index (χ3n) is 4.87. The van der Waals surface area contributed by atoms with Gasteiger partial charge in [0.05, 0.1) is 32.4 Å². The fourth-order valence-electron chi connectivity index (χ4n) is 3.29. The number of ether oxygens (including phenoxy) is 2. The number of nitrogens with zero attached hydrogens (tertiary/aromatic N) is 2. The van der Waals surface area contributed by atoms with Crippen molar-refractivity contribution in [3.63, 3.8) is 0 Å². The lowest BCUT2D eigenvalue weighted by atomic mass is 10.1. The van der Waals surface area contributed by atoms with Gasteiger partial charge >= 0.3 is 0 Å². The number of amides is 2. The summed E-state index contributed by atoms with van der Waals surface area (Å²) in [6, 6.07) is 11.3. The van der Waals surface area contributed by atoms with Gasteiger partial charge in [-0.2, -0.15) is 0 Å². The van der Waals surface area contributed by atoms with E-state index in [2.05, 4.69) is 10.3 Å². The number of hydrogen-bond acceptors (Lipinski definition) is 5. The Labute approximate surface area is 164 Å². The van der Waals surface area contributed by atoms with Gasteiger partial charge in [0, 0.05) is 25.7 Å². The van der Waals surface area contributed by atoms with Crippen LogP contribution in [0, 0.1) is 5.92 Å². The Balaban J connectivity index is 1.51. The van der Waals surface area contributed by atoms with Crippen LogP contribution in [0.4, 0.5) is 0 Å². The number of carbonyl (C=O) groups excluding carboxylic acids is 2. The van der Waals surface area contributed by atoms with Gasteiger partial charge in [0.15, 0.2) is 11.5 Å². The summed E-state index contributed by atoms with van der Waals surface area (Å²) in [6.45, 7) is 1.38. The SMILES string of the molecule is COc1ccc(CCN2C[C@H](C(=O)NCc3ccccn3)CC2=O)cc1OC. The fraction of sp³-hybridized carbons (Fsp3) is 0.381. The van der Waals surface area contributed by atoms with E-state index in [1.165, 1.54) is 0 Å². The molecule has 7 heteroatoms. The van der Waals surface area contributed by atoms with Gasteiger partial charge < -0.3 is 19.7 Å². The molecule has 1 atom stereocenters. The third kappa shape index (κ3) is 4.79. The van der Waals surface area contributed by atoms with Gasteiger partial charge in [-0.1, -0.05) is 12.1 Å². The van der Waals surface area contributed by atoms with E-state index in [0.29, 0.717) is 37.6 Å². The smallest absolute Gasteiger partial charge is 0.225 e. The number of methoxy groups -OCH3 is 2. The number of benzene rings is 1. The predicted molar refractivity (Wildman–Crippen MR) is 104 cm³/mol. The molecule has 2 amide bonds. The van der Waals surface area contributed by atoms with Crippen LogP contribution in [-0.2, 0) is 22.6 Å². The molecule has 0 spiro atoms. The molecule has 1 aliphatic rings. The molecule has 0 bridgehead atoms. The Hall–Kier alpha value is -3.09. The Kier molecular flexibility index (Phi) is 6.47. The molecule has 2 aromatic rings. The van der Waals surface area contributed by atoms with E-state index in [-0.39, 0.29) is 24.2 Å². The van der Waals surface area contributed by atoms with E-state index in [9.17, 15) is 9.59 Å². The molecule has 1 fully saturated rings. The molecular weight excluding hydrogens is 358 g/mol. The maximum atomic E-state index is 12.4. The highest BCUT2D eigenvalue weighted by Gasteiger charge is 2.33. The molecule has 7 nitrogen and oxygen atoms in total. The normalized spacial score (nSPS) is 16.1. The van der Waals surface area contributed by atoms with E-state index in [0.717, 1.165) is 11.3 Å². The number of hydrogen-bond donors (Lipinski definition) is 1. The van der Waals surface area contributed by atoms with E-state index in [1.54, 1.807) is 25.3 Å². The molecule has 2 heterocycles. The summed E-state index contributed by atoms with van der Waals surface area (Å²) >= 11 is 0. The van der Waals surface area contributed by atoms with E-state index >= 15 is 0 Å². The minimum Gasteiger partial charge on any atom is -0.493 e. The van der Waals surface area contributed by atoms with Gasteiger partial charge in [-0.05, 0) is 36.2 Å². The zero-order valence-corrected chi connectivity index (χ0v) is 16.2. The van der Waals surface area contributed by atoms with Crippen LogP contribution in [0.25, 0.3) is 0 Å². The van der Waals surface area contributed by atoms with Gasteiger partial charge in [0.25, 0.3) is 0 Å². The quantitative estimate of drug-likeness (QED) is 0.752. The second kappa shape index (κ2) is 9.21. The van der Waals surface area contributed by atoms with Crippen LogP contribution in [-0.4, -0.2) is 49.0 Å². The highest BCUT2D eigenvalue weighted by Crippen LogP contribution is 2.28. The third-order valence-corrected chi connectivity index (χ3v) is 4.87. The largest absolute Gasteiger partial charge is 0.493 e. The van der Waals surface area contributed by atoms with Gasteiger partial charge in [-0.15, -0.1) is 0 Å². The van der Waals surface area contributed by atoms with Crippen molar-refractivity contribution in [2.75, 3.05) is 27.3 Å². The van der Waals surface area contributed by atoms with Crippen molar-refractivity contribution in [2.45, 2.75) is 19.4 Å². The first kappa shape index (κ1) is 19.7. The maximum absolute atomic E-state index is 12.4. The Morgan fingerprint density at radius 2 is 2.04 bits per heavy atom. The standard InChI is InChI=1S/C21H25N3O4/c1-27-18-7-6-15(11-19(18)28-2)8-10-24-14-16(12-20(24)25)21(26)23-13-17-5-3-4-9-22-17/h3-7,9,11,16H,8,10,12-14H2,1-2H3,(H,23,26)/t16-/m1/s1. The summed E-state index contributed by atoms with van der Waals surface area (Å²) in [5, 5.41) is 2.87. The fourth-order valence-corrected chi connectivity index (χ4v) is 3.29. The number of likely N-dealkylation sites (tertiary alicyclic amines) is 1. The van der Waals surface area contributed by atoms with Crippen molar-refractivity contribution in [1.29, 1.82) is 0 Å². The summed E-state index contributed by atoms with van der Waals surface area (Å²) in [4.78, 5) is 30.6. The molecule has 1 aromatic carbocycles. The minimum absolute atomic E-state index is 0.0125. The monoisotopic (exact) mass is 383 g/mol. The van der Waals surface area contributed by atoms with Crippen LogP contribution in [0.2, 0.25) is 0 Å². The minimum atomic E-state index is -0.318. The van der Waals surface area contributed by atoms with Crippen molar-refractivity contribution in [3.8, 4) is 11.5 Å². The summed E-state index contributed by atoms with van der Waals surface area (Å²) in [5.74, 6) is 0.931. The van der Waals surface area contributed by atoms with Gasteiger partial charge in [-0.3, -0.25) is 14.6 Å². The second-order valence-corrected chi connectivity index (χ2v) is 6.72. The first-order valence-corrected chi connectivity index (χ1v) is 9.27. The topological polar surface area (TPSA) is 80.8 Å². The second-order valence-electron chi connectivity index (χ2n) is 6.72. The molecule has 0 aliphatic carbocycles. The number of rotatable bonds is 8. The first-order chi connectivity index (χ1) is 13.6. The summed E-state index contributed by atoms with van der Waals surface area (Å²) in [7, 11) is 3.19. The highest BCUT2D eigenvalue weighted by atomic mass is 16.5. The number of nitrogens with one attached hydrogen (secondary N) is 1. The molecule has 28 heavy (non-hydrogen) atoms. The van der Waals surface area contributed by atoms with E-state index in [1.807, 2.05) is 36.4 Å². The average Bonchev–Trinajstić information content (AvgIpc) is 3.11. The van der Waals surface area contributed by atoms with Crippen molar-refractivity contribution in [3.05, 3.63) is 53.9 Å². The Morgan fingerprint density at radius 1 is 1.21 bits per heavy atom. The molecule has 1 saturated heterocycles. The zero-order valence-electron chi connectivity index (χ0n) is 16.2. The molecule has 0 radical (unpaired) electrons. The number of pyridine rings is 1. The summed E-state index contributed by atoms with van der Waals surface area (Å²) in [5.41, 5.74) is 1.85. The van der Waals surface area contributed by atoms with Crippen molar-refractivity contribution >= 4 is 11.8 Å². The van der Waals surface area contributed by atoms with Crippen molar-refractivity contribution in [1.82, 2.24) is 15.2 Å². The highest BCUT2D eigenvalue weighted by molar-refractivity contribution is 5.89. The maximum Gasteiger partial charge on any atom is 0.225 e. The molecule has 1 aliphatic heterocycles. The number of carbonyl (C=O) groups is 2. The molecule has 148 valence electrons. The molecule has 0 saturated carbocycles. The molecule has 1 N–H and O–H groups in total. The Bertz CT molecular complexity index is 826. The van der Waals surface area contributed by atoms with Crippen LogP contribution in [0.1, 0.15) is 17.7 Å². The predicted octanol–water partition coefficient (Wildman–Crippen LogP) is 1.81. The molecular formula is C21H25N3O4. The van der Waals surface area contributed by atoms with Crippen LogP contribution >= 0.6 is 0 Å².